The van der Waals surface area contributed by atoms with Gasteiger partial charge in [-0.05, 0) is 37.3 Å². The van der Waals surface area contributed by atoms with Crippen molar-refractivity contribution in [3.8, 4) is 0 Å². The summed E-state index contributed by atoms with van der Waals surface area (Å²) >= 11 is 0. The predicted octanol–water partition coefficient (Wildman–Crippen LogP) is 3.13. The second-order valence-corrected chi connectivity index (χ2v) is 8.94. The average molecular weight is 573 g/mol. The minimum Gasteiger partial charge on any atom is -0.475 e. The van der Waals surface area contributed by atoms with E-state index in [-0.39, 0.29) is 23.8 Å². The summed E-state index contributed by atoms with van der Waals surface area (Å²) in [4.78, 5) is 43.0. The highest BCUT2D eigenvalue weighted by atomic mass is 19.4. The molecule has 0 bridgehead atoms. The van der Waals surface area contributed by atoms with Crippen LogP contribution in [-0.4, -0.2) is 94.3 Å². The molecular weight excluding hydrogens is 544 g/mol. The van der Waals surface area contributed by atoms with Gasteiger partial charge in [0.1, 0.15) is 0 Å². The van der Waals surface area contributed by atoms with Crippen molar-refractivity contribution >= 4 is 17.8 Å². The Bertz CT molecular complexity index is 918. The number of carbonyl (C=O) groups excluding carboxylic acids is 1. The Hall–Kier alpha value is -2.98. The van der Waals surface area contributed by atoms with Crippen LogP contribution in [0, 0.1) is 11.8 Å². The SMILES string of the molecule is O=C(O)C(F)(F)F.O=C(O)C(F)(F)F.O=C([C@@H]1CCO[C@@H]2CCN(Cc3cccnc3)C[C@H]21)N1CCCCO1. The van der Waals surface area contributed by atoms with E-state index in [1.807, 2.05) is 12.3 Å². The lowest BCUT2D eigenvalue weighted by atomic mass is 9.78. The second kappa shape index (κ2) is 14.4. The number of rotatable bonds is 3. The summed E-state index contributed by atoms with van der Waals surface area (Å²) in [6.45, 7) is 4.89. The maximum atomic E-state index is 13.0. The van der Waals surface area contributed by atoms with Crippen molar-refractivity contribution in [1.29, 1.82) is 0 Å². The van der Waals surface area contributed by atoms with E-state index in [2.05, 4.69) is 16.0 Å². The number of carbonyl (C=O) groups is 3. The van der Waals surface area contributed by atoms with E-state index in [0.717, 1.165) is 51.9 Å². The molecule has 3 atom stereocenters. The average Bonchev–Trinajstić information content (AvgIpc) is 2.88. The zero-order valence-corrected chi connectivity index (χ0v) is 20.7. The molecule has 0 saturated carbocycles. The molecule has 4 heterocycles. The molecule has 2 N–H and O–H groups in total. The number of piperidine rings is 1. The molecule has 0 aliphatic carbocycles. The van der Waals surface area contributed by atoms with E-state index in [0.29, 0.717) is 13.2 Å². The predicted molar refractivity (Wildman–Crippen MR) is 120 cm³/mol. The van der Waals surface area contributed by atoms with Gasteiger partial charge in [0, 0.05) is 57.0 Å². The number of alkyl halides is 6. The molecule has 220 valence electrons. The van der Waals surface area contributed by atoms with Crippen LogP contribution in [0.25, 0.3) is 0 Å². The molecule has 3 aliphatic heterocycles. The normalized spacial score (nSPS) is 23.7. The molecule has 10 nitrogen and oxygen atoms in total. The van der Waals surface area contributed by atoms with Gasteiger partial charge in [0.25, 0.3) is 0 Å². The molecule has 3 saturated heterocycles. The smallest absolute Gasteiger partial charge is 0.475 e. The molecule has 1 aromatic heterocycles. The zero-order valence-electron chi connectivity index (χ0n) is 20.7. The molecule has 3 aliphatic rings. The van der Waals surface area contributed by atoms with Crippen LogP contribution in [0.5, 0.6) is 0 Å². The number of hydrogen-bond acceptors (Lipinski definition) is 7. The first-order valence-electron chi connectivity index (χ1n) is 12.0. The van der Waals surface area contributed by atoms with Gasteiger partial charge in [0.05, 0.1) is 12.7 Å². The number of aromatic nitrogens is 1. The largest absolute Gasteiger partial charge is 0.490 e. The second-order valence-electron chi connectivity index (χ2n) is 8.94. The van der Waals surface area contributed by atoms with Crippen molar-refractivity contribution in [2.24, 2.45) is 11.8 Å². The summed E-state index contributed by atoms with van der Waals surface area (Å²) in [6.07, 6.45) is -2.35. The summed E-state index contributed by atoms with van der Waals surface area (Å²) in [7, 11) is 0. The van der Waals surface area contributed by atoms with E-state index in [9.17, 15) is 31.1 Å². The molecule has 1 amide bonds. The van der Waals surface area contributed by atoms with Crippen LogP contribution < -0.4 is 0 Å². The molecule has 39 heavy (non-hydrogen) atoms. The number of aliphatic carboxylic acids is 2. The molecule has 0 radical (unpaired) electrons. The Morgan fingerprint density at radius 2 is 1.62 bits per heavy atom. The minimum absolute atomic E-state index is 0.0218. The van der Waals surface area contributed by atoms with Crippen LogP contribution in [-0.2, 0) is 30.5 Å². The number of ether oxygens (including phenoxy) is 1. The van der Waals surface area contributed by atoms with Crippen molar-refractivity contribution < 1.29 is 60.5 Å². The van der Waals surface area contributed by atoms with E-state index in [4.69, 9.17) is 29.4 Å². The van der Waals surface area contributed by atoms with Gasteiger partial charge in [0.2, 0.25) is 5.91 Å². The van der Waals surface area contributed by atoms with Crippen LogP contribution >= 0.6 is 0 Å². The highest BCUT2D eigenvalue weighted by Gasteiger charge is 2.43. The molecule has 3 fully saturated rings. The van der Waals surface area contributed by atoms with Gasteiger partial charge in [-0.2, -0.15) is 26.3 Å². The Kier molecular flexibility index (Phi) is 11.9. The van der Waals surface area contributed by atoms with Crippen molar-refractivity contribution in [3.63, 3.8) is 0 Å². The highest BCUT2D eigenvalue weighted by molar-refractivity contribution is 5.78. The topological polar surface area (TPSA) is 129 Å². The molecule has 0 unspecified atom stereocenters. The maximum Gasteiger partial charge on any atom is 0.490 e. The van der Waals surface area contributed by atoms with Crippen LogP contribution in [0.15, 0.2) is 24.5 Å². The van der Waals surface area contributed by atoms with Crippen molar-refractivity contribution in [2.45, 2.75) is 50.7 Å². The molecular formula is C23H29F6N3O7. The van der Waals surface area contributed by atoms with Crippen LogP contribution in [0.4, 0.5) is 26.3 Å². The Balaban J connectivity index is 0.000000317. The number of hydroxylamine groups is 2. The number of carboxylic acid groups (broad SMARTS) is 2. The minimum atomic E-state index is -5.08. The van der Waals surface area contributed by atoms with Crippen molar-refractivity contribution in [1.82, 2.24) is 14.9 Å². The summed E-state index contributed by atoms with van der Waals surface area (Å²) in [5, 5.41) is 15.9. The lowest BCUT2D eigenvalue weighted by Gasteiger charge is -2.45. The third-order valence-corrected chi connectivity index (χ3v) is 6.13. The highest BCUT2D eigenvalue weighted by Crippen LogP contribution is 2.35. The number of likely N-dealkylation sites (tertiary alicyclic amines) is 1. The molecule has 0 spiro atoms. The Morgan fingerprint density at radius 1 is 0.974 bits per heavy atom. The first-order chi connectivity index (χ1) is 18.2. The van der Waals surface area contributed by atoms with Crippen LogP contribution in [0.3, 0.4) is 0 Å². The van der Waals surface area contributed by atoms with Gasteiger partial charge < -0.3 is 14.9 Å². The van der Waals surface area contributed by atoms with Crippen LogP contribution in [0.1, 0.15) is 31.2 Å². The van der Waals surface area contributed by atoms with E-state index in [1.54, 1.807) is 11.3 Å². The molecule has 4 rings (SSSR count). The van der Waals surface area contributed by atoms with E-state index >= 15 is 0 Å². The molecule has 0 aromatic carbocycles. The monoisotopic (exact) mass is 573 g/mol. The van der Waals surface area contributed by atoms with E-state index < -0.39 is 24.3 Å². The van der Waals surface area contributed by atoms with Gasteiger partial charge in [-0.1, -0.05) is 6.07 Å². The lowest BCUT2D eigenvalue weighted by molar-refractivity contribution is -0.209. The summed E-state index contributed by atoms with van der Waals surface area (Å²) in [6, 6.07) is 4.09. The first-order valence-corrected chi connectivity index (χ1v) is 12.0. The number of amides is 1. The third kappa shape index (κ3) is 10.6. The van der Waals surface area contributed by atoms with E-state index in [1.165, 1.54) is 5.56 Å². The van der Waals surface area contributed by atoms with Gasteiger partial charge in [-0.3, -0.25) is 19.5 Å². The summed E-state index contributed by atoms with van der Waals surface area (Å²) in [5.74, 6) is -5.06. The number of fused-ring (bicyclic) bond motifs is 1. The van der Waals surface area contributed by atoms with Gasteiger partial charge in [-0.15, -0.1) is 0 Å². The van der Waals surface area contributed by atoms with Gasteiger partial charge in [0.15, 0.2) is 0 Å². The fourth-order valence-corrected chi connectivity index (χ4v) is 4.34. The summed E-state index contributed by atoms with van der Waals surface area (Å²) < 4.78 is 69.5. The fraction of sp³-hybridized carbons (Fsp3) is 0.652. The molecule has 1 aromatic rings. The lowest BCUT2D eigenvalue weighted by Crippen LogP contribution is -2.54. The number of nitrogens with zero attached hydrogens (tertiary/aromatic N) is 3. The van der Waals surface area contributed by atoms with Crippen molar-refractivity contribution in [2.75, 3.05) is 32.8 Å². The Morgan fingerprint density at radius 3 is 2.13 bits per heavy atom. The third-order valence-electron chi connectivity index (χ3n) is 6.13. The Labute approximate surface area is 219 Å². The maximum absolute atomic E-state index is 13.0. The zero-order chi connectivity index (χ0) is 29.2. The first kappa shape index (κ1) is 32.2. The number of pyridine rings is 1. The number of carboxylic acids is 2. The quantitative estimate of drug-likeness (QED) is 0.524. The fourth-order valence-electron chi connectivity index (χ4n) is 4.34. The number of halogens is 6. The number of hydrogen-bond donors (Lipinski definition) is 2. The molecule has 16 heteroatoms. The van der Waals surface area contributed by atoms with Crippen molar-refractivity contribution in [3.05, 3.63) is 30.1 Å². The standard InChI is InChI=1S/C19H27N3O3.2C2HF3O2/c23-19(22-8-1-2-10-25-22)16-6-11-24-18-5-9-21(14-17(16)18)13-15-4-3-7-20-12-15;2*3-2(4,5)1(6)7/h3-4,7,12,16-18H,1-2,5-6,8-11,13-14H2;2*(H,6,7)/t16-,17+,18-;;/m1../s1. The van der Waals surface area contributed by atoms with Gasteiger partial charge in [-0.25, -0.2) is 14.7 Å². The van der Waals surface area contributed by atoms with Gasteiger partial charge >= 0.3 is 24.3 Å². The summed E-state index contributed by atoms with van der Waals surface area (Å²) in [5.41, 5.74) is 1.22. The van der Waals surface area contributed by atoms with Crippen LogP contribution in [0.2, 0.25) is 0 Å².